The van der Waals surface area contributed by atoms with Crippen LogP contribution >= 0.6 is 0 Å². The van der Waals surface area contributed by atoms with Crippen molar-refractivity contribution in [2.24, 2.45) is 0 Å². The number of anilines is 1. The highest BCUT2D eigenvalue weighted by Gasteiger charge is 2.36. The number of fused-ring (bicyclic) bond motifs is 1. The largest absolute Gasteiger partial charge is 0.368 e. The van der Waals surface area contributed by atoms with Crippen LogP contribution in [0.25, 0.3) is 0 Å². The molecule has 5 rings (SSSR count). The van der Waals surface area contributed by atoms with Crippen LogP contribution in [-0.2, 0) is 11.3 Å². The number of benzene rings is 3. The number of amides is 4. The number of para-hydroxylation sites is 1. The van der Waals surface area contributed by atoms with E-state index in [9.17, 15) is 19.2 Å². The predicted octanol–water partition coefficient (Wildman–Crippen LogP) is 2.56. The zero-order valence-corrected chi connectivity index (χ0v) is 19.7. The number of nitrogens with one attached hydrogen (secondary N) is 1. The van der Waals surface area contributed by atoms with Crippen molar-refractivity contribution in [1.29, 1.82) is 0 Å². The molecule has 0 saturated carbocycles. The first-order valence-corrected chi connectivity index (χ1v) is 11.9. The van der Waals surface area contributed by atoms with E-state index in [4.69, 9.17) is 0 Å². The lowest BCUT2D eigenvalue weighted by molar-refractivity contribution is -0.130. The third-order valence-corrected chi connectivity index (χ3v) is 6.57. The molecule has 0 spiro atoms. The molecule has 182 valence electrons. The Kier molecular flexibility index (Phi) is 6.49. The molecule has 2 aliphatic rings. The second kappa shape index (κ2) is 10.0. The third kappa shape index (κ3) is 4.70. The van der Waals surface area contributed by atoms with Gasteiger partial charge in [-0.1, -0.05) is 48.5 Å². The highest BCUT2D eigenvalue weighted by molar-refractivity contribution is 6.22. The molecule has 0 atom stereocenters. The molecule has 36 heavy (non-hydrogen) atoms. The van der Waals surface area contributed by atoms with E-state index in [1.165, 1.54) is 23.1 Å². The summed E-state index contributed by atoms with van der Waals surface area (Å²) in [6.45, 7) is 2.65. The molecule has 4 amide bonds. The van der Waals surface area contributed by atoms with Crippen LogP contribution in [0.3, 0.4) is 0 Å². The Morgan fingerprint density at radius 2 is 1.39 bits per heavy atom. The number of nitrogens with zero attached hydrogens (tertiary/aromatic N) is 3. The van der Waals surface area contributed by atoms with Crippen molar-refractivity contribution in [3.63, 3.8) is 0 Å². The summed E-state index contributed by atoms with van der Waals surface area (Å²) < 4.78 is 0. The number of carbonyl (C=O) groups is 4. The van der Waals surface area contributed by atoms with Crippen LogP contribution < -0.4 is 10.2 Å². The summed E-state index contributed by atoms with van der Waals surface area (Å²) in [4.78, 5) is 56.2. The molecule has 3 aromatic rings. The molecular weight excluding hydrogens is 456 g/mol. The maximum absolute atomic E-state index is 12.9. The second-order valence-electron chi connectivity index (χ2n) is 8.83. The lowest BCUT2D eigenvalue weighted by atomic mass is 10.1. The maximum atomic E-state index is 12.9. The molecule has 1 fully saturated rings. The van der Waals surface area contributed by atoms with Crippen LogP contribution in [0.4, 0.5) is 5.69 Å². The second-order valence-corrected chi connectivity index (χ2v) is 8.83. The third-order valence-electron chi connectivity index (χ3n) is 6.57. The molecule has 1 saturated heterocycles. The lowest BCUT2D eigenvalue weighted by Crippen LogP contribution is -2.51. The number of hydrogen-bond acceptors (Lipinski definition) is 5. The summed E-state index contributed by atoms with van der Waals surface area (Å²) >= 11 is 0. The van der Waals surface area contributed by atoms with Crippen molar-refractivity contribution in [1.82, 2.24) is 15.1 Å². The molecule has 0 bridgehead atoms. The van der Waals surface area contributed by atoms with Crippen molar-refractivity contribution >= 4 is 29.3 Å². The minimum absolute atomic E-state index is 0.131. The van der Waals surface area contributed by atoms with Crippen LogP contribution in [0.5, 0.6) is 0 Å². The monoisotopic (exact) mass is 482 g/mol. The van der Waals surface area contributed by atoms with Crippen LogP contribution in [0, 0.1) is 0 Å². The number of carbonyl (C=O) groups excluding carboxylic acids is 4. The number of rotatable bonds is 6. The summed E-state index contributed by atoms with van der Waals surface area (Å²) in [5, 5.41) is 2.65. The molecule has 0 aromatic heterocycles. The summed E-state index contributed by atoms with van der Waals surface area (Å²) in [6, 6.07) is 23.8. The Hall–Kier alpha value is -4.46. The first-order valence-electron chi connectivity index (χ1n) is 11.9. The Balaban J connectivity index is 1.17. The quantitative estimate of drug-likeness (QED) is 0.546. The van der Waals surface area contributed by atoms with Gasteiger partial charge in [-0.15, -0.1) is 0 Å². The summed E-state index contributed by atoms with van der Waals surface area (Å²) in [5.41, 5.74) is 2.68. The van der Waals surface area contributed by atoms with Gasteiger partial charge in [0.1, 0.15) is 0 Å². The Bertz CT molecular complexity index is 1300. The number of hydrogen-bond donors (Lipinski definition) is 1. The Morgan fingerprint density at radius 1 is 0.750 bits per heavy atom. The minimum Gasteiger partial charge on any atom is -0.368 e. The van der Waals surface area contributed by atoms with Gasteiger partial charge in [0.2, 0.25) is 5.91 Å². The Labute approximate surface area is 209 Å². The van der Waals surface area contributed by atoms with E-state index < -0.39 is 11.8 Å². The van der Waals surface area contributed by atoms with E-state index in [0.29, 0.717) is 13.1 Å². The number of piperazine rings is 1. The van der Waals surface area contributed by atoms with E-state index in [-0.39, 0.29) is 41.6 Å². The van der Waals surface area contributed by atoms with Crippen molar-refractivity contribution in [2.45, 2.75) is 6.54 Å². The molecule has 0 unspecified atom stereocenters. The van der Waals surface area contributed by atoms with E-state index in [2.05, 4.69) is 10.2 Å². The van der Waals surface area contributed by atoms with Gasteiger partial charge < -0.3 is 15.1 Å². The van der Waals surface area contributed by atoms with Crippen LogP contribution in [-0.4, -0.2) is 66.2 Å². The molecule has 2 heterocycles. The molecule has 8 nitrogen and oxygen atoms in total. The minimum atomic E-state index is -0.462. The molecular formula is C28H26N4O4. The SMILES string of the molecule is O=C(NCC(=O)N1CCN(c2ccccc2)CC1)c1ccc2c(c1)C(=O)N(Cc1ccccc1)C2=O. The van der Waals surface area contributed by atoms with Crippen LogP contribution in [0.2, 0.25) is 0 Å². The zero-order chi connectivity index (χ0) is 25.1. The summed E-state index contributed by atoms with van der Waals surface area (Å²) in [6.07, 6.45) is 0. The van der Waals surface area contributed by atoms with Gasteiger partial charge in [-0.2, -0.15) is 0 Å². The first kappa shape index (κ1) is 23.3. The summed E-state index contributed by atoms with van der Waals surface area (Å²) in [5.74, 6) is -1.43. The number of imide groups is 1. The highest BCUT2D eigenvalue weighted by atomic mass is 16.2. The van der Waals surface area contributed by atoms with Gasteiger partial charge in [0.15, 0.2) is 0 Å². The van der Waals surface area contributed by atoms with E-state index >= 15 is 0 Å². The van der Waals surface area contributed by atoms with E-state index in [1.807, 2.05) is 60.7 Å². The molecule has 2 aliphatic heterocycles. The molecule has 8 heteroatoms. The normalized spacial score (nSPS) is 15.2. The van der Waals surface area contributed by atoms with Crippen molar-refractivity contribution < 1.29 is 19.2 Å². The average Bonchev–Trinajstić information content (AvgIpc) is 3.17. The fourth-order valence-electron chi connectivity index (χ4n) is 4.56. The highest BCUT2D eigenvalue weighted by Crippen LogP contribution is 2.25. The Morgan fingerprint density at radius 3 is 2.08 bits per heavy atom. The van der Waals surface area contributed by atoms with Gasteiger partial charge in [0.25, 0.3) is 17.7 Å². The molecule has 3 aromatic carbocycles. The van der Waals surface area contributed by atoms with Crippen LogP contribution in [0.1, 0.15) is 36.6 Å². The van der Waals surface area contributed by atoms with Gasteiger partial charge in [-0.05, 0) is 35.9 Å². The van der Waals surface area contributed by atoms with Crippen molar-refractivity contribution in [3.05, 3.63) is 101 Å². The van der Waals surface area contributed by atoms with Gasteiger partial charge >= 0.3 is 0 Å². The van der Waals surface area contributed by atoms with Gasteiger partial charge in [-0.3, -0.25) is 24.1 Å². The fraction of sp³-hybridized carbons (Fsp3) is 0.214. The topological polar surface area (TPSA) is 90.0 Å². The first-order chi connectivity index (χ1) is 17.5. The zero-order valence-electron chi connectivity index (χ0n) is 19.7. The van der Waals surface area contributed by atoms with Gasteiger partial charge in [0, 0.05) is 37.4 Å². The summed E-state index contributed by atoms with van der Waals surface area (Å²) in [7, 11) is 0. The van der Waals surface area contributed by atoms with Crippen molar-refractivity contribution in [2.75, 3.05) is 37.6 Å². The molecule has 1 N–H and O–H groups in total. The fourth-order valence-corrected chi connectivity index (χ4v) is 4.56. The van der Waals surface area contributed by atoms with Crippen molar-refractivity contribution in [3.8, 4) is 0 Å². The average molecular weight is 483 g/mol. The lowest BCUT2D eigenvalue weighted by Gasteiger charge is -2.36. The van der Waals surface area contributed by atoms with Gasteiger partial charge in [0.05, 0.1) is 24.2 Å². The van der Waals surface area contributed by atoms with Gasteiger partial charge in [-0.25, -0.2) is 0 Å². The molecule has 0 aliphatic carbocycles. The smallest absolute Gasteiger partial charge is 0.261 e. The van der Waals surface area contributed by atoms with Crippen LogP contribution in [0.15, 0.2) is 78.9 Å². The molecule has 0 radical (unpaired) electrons. The predicted molar refractivity (Wildman–Crippen MR) is 135 cm³/mol. The maximum Gasteiger partial charge on any atom is 0.261 e. The van der Waals surface area contributed by atoms with E-state index in [1.54, 1.807) is 4.90 Å². The van der Waals surface area contributed by atoms with E-state index in [0.717, 1.165) is 24.3 Å². The standard InChI is InChI=1S/C28H26N4O4/c33-25(31-15-13-30(14-16-31)22-9-5-2-6-10-22)18-29-26(34)21-11-12-23-24(17-21)28(36)32(27(23)35)19-20-7-3-1-4-8-20/h1-12,17H,13-16,18-19H2,(H,29,34).